The SMILES string of the molecule is CCON(C(=O)c1cccc2ccccc12)C(COC)C(=O)O. The second kappa shape index (κ2) is 7.71. The lowest BCUT2D eigenvalue weighted by atomic mass is 10.0. The van der Waals surface area contributed by atoms with E-state index in [4.69, 9.17) is 9.57 Å². The number of carbonyl (C=O) groups excluding carboxylic acids is 1. The minimum Gasteiger partial charge on any atom is -0.480 e. The molecule has 1 N–H and O–H groups in total. The van der Waals surface area contributed by atoms with Crippen LogP contribution in [0.3, 0.4) is 0 Å². The summed E-state index contributed by atoms with van der Waals surface area (Å²) in [6, 6.07) is 11.5. The highest BCUT2D eigenvalue weighted by atomic mass is 16.7. The number of fused-ring (bicyclic) bond motifs is 1. The Balaban J connectivity index is 2.45. The van der Waals surface area contributed by atoms with E-state index in [-0.39, 0.29) is 13.2 Å². The molecule has 0 aliphatic heterocycles. The van der Waals surface area contributed by atoms with Gasteiger partial charge in [-0.25, -0.2) is 9.86 Å². The molecule has 0 saturated heterocycles. The van der Waals surface area contributed by atoms with E-state index in [1.807, 2.05) is 30.3 Å². The van der Waals surface area contributed by atoms with Crippen molar-refractivity contribution in [2.45, 2.75) is 13.0 Å². The number of hydrogen-bond acceptors (Lipinski definition) is 4. The van der Waals surface area contributed by atoms with Crippen molar-refractivity contribution in [3.05, 3.63) is 48.0 Å². The van der Waals surface area contributed by atoms with Crippen molar-refractivity contribution in [3.63, 3.8) is 0 Å². The number of ether oxygens (including phenoxy) is 1. The topological polar surface area (TPSA) is 76.1 Å². The first-order valence-electron chi connectivity index (χ1n) is 7.26. The zero-order chi connectivity index (χ0) is 16.8. The molecule has 0 spiro atoms. The molecule has 0 heterocycles. The fourth-order valence-corrected chi connectivity index (χ4v) is 2.36. The highest BCUT2D eigenvalue weighted by Gasteiger charge is 2.32. The molecule has 0 aliphatic carbocycles. The van der Waals surface area contributed by atoms with Crippen molar-refractivity contribution in [1.82, 2.24) is 5.06 Å². The fraction of sp³-hybridized carbons (Fsp3) is 0.294. The number of hydroxylamine groups is 2. The highest BCUT2D eigenvalue weighted by Crippen LogP contribution is 2.21. The van der Waals surface area contributed by atoms with Gasteiger partial charge in [0.1, 0.15) is 0 Å². The monoisotopic (exact) mass is 317 g/mol. The normalized spacial score (nSPS) is 12.1. The van der Waals surface area contributed by atoms with Crippen LogP contribution in [0.15, 0.2) is 42.5 Å². The Morgan fingerprint density at radius 3 is 2.52 bits per heavy atom. The summed E-state index contributed by atoms with van der Waals surface area (Å²) in [4.78, 5) is 29.6. The zero-order valence-corrected chi connectivity index (χ0v) is 13.1. The molecular weight excluding hydrogens is 298 g/mol. The number of methoxy groups -OCH3 is 1. The van der Waals surface area contributed by atoms with E-state index in [0.717, 1.165) is 15.8 Å². The number of amides is 1. The van der Waals surface area contributed by atoms with Crippen LogP contribution in [0.1, 0.15) is 17.3 Å². The van der Waals surface area contributed by atoms with Crippen LogP contribution in [0.5, 0.6) is 0 Å². The lowest BCUT2D eigenvalue weighted by Gasteiger charge is -2.27. The summed E-state index contributed by atoms with van der Waals surface area (Å²) in [6.07, 6.45) is 0. The number of rotatable bonds is 7. The molecular formula is C17H19NO5. The smallest absolute Gasteiger partial charge is 0.331 e. The molecule has 1 amide bonds. The minimum atomic E-state index is -1.22. The molecule has 0 radical (unpaired) electrons. The Morgan fingerprint density at radius 2 is 1.87 bits per heavy atom. The van der Waals surface area contributed by atoms with E-state index in [0.29, 0.717) is 5.56 Å². The van der Waals surface area contributed by atoms with Crippen molar-refractivity contribution in [1.29, 1.82) is 0 Å². The average molecular weight is 317 g/mol. The number of hydrogen-bond donors (Lipinski definition) is 1. The molecule has 0 aliphatic rings. The molecule has 1 atom stereocenters. The van der Waals surface area contributed by atoms with Gasteiger partial charge in [0.05, 0.1) is 13.2 Å². The third kappa shape index (κ3) is 3.67. The first kappa shape index (κ1) is 16.9. The predicted molar refractivity (Wildman–Crippen MR) is 85.0 cm³/mol. The molecule has 6 nitrogen and oxygen atoms in total. The summed E-state index contributed by atoms with van der Waals surface area (Å²) >= 11 is 0. The Bertz CT molecular complexity index is 695. The average Bonchev–Trinajstić information content (AvgIpc) is 2.56. The second-order valence-electron chi connectivity index (χ2n) is 4.88. The first-order valence-corrected chi connectivity index (χ1v) is 7.26. The Kier molecular flexibility index (Phi) is 5.67. The first-order chi connectivity index (χ1) is 11.1. The van der Waals surface area contributed by atoms with Crippen LogP contribution in [0.25, 0.3) is 10.8 Å². The third-order valence-corrected chi connectivity index (χ3v) is 3.38. The lowest BCUT2D eigenvalue weighted by Crippen LogP contribution is -2.47. The fourth-order valence-electron chi connectivity index (χ4n) is 2.36. The lowest BCUT2D eigenvalue weighted by molar-refractivity contribution is -0.179. The Hall–Kier alpha value is -2.44. The van der Waals surface area contributed by atoms with Gasteiger partial charge in [-0.3, -0.25) is 9.63 Å². The summed E-state index contributed by atoms with van der Waals surface area (Å²) in [5.41, 5.74) is 0.388. The molecule has 23 heavy (non-hydrogen) atoms. The molecule has 2 aromatic carbocycles. The minimum absolute atomic E-state index is 0.161. The molecule has 122 valence electrons. The quantitative estimate of drug-likeness (QED) is 0.793. The molecule has 0 bridgehead atoms. The largest absolute Gasteiger partial charge is 0.480 e. The van der Waals surface area contributed by atoms with Crippen LogP contribution in [0.2, 0.25) is 0 Å². The van der Waals surface area contributed by atoms with Crippen LogP contribution in [-0.2, 0) is 14.4 Å². The van der Waals surface area contributed by atoms with E-state index >= 15 is 0 Å². The molecule has 2 rings (SSSR count). The summed E-state index contributed by atoms with van der Waals surface area (Å²) in [6.45, 7) is 1.70. The van der Waals surface area contributed by atoms with Gasteiger partial charge < -0.3 is 9.84 Å². The van der Waals surface area contributed by atoms with Gasteiger partial charge in [0.15, 0.2) is 6.04 Å². The van der Waals surface area contributed by atoms with E-state index in [1.165, 1.54) is 7.11 Å². The standard InChI is InChI=1S/C17H19NO5/c1-3-23-18(15(11-22-2)17(20)21)16(19)14-10-6-8-12-7-4-5-9-13(12)14/h4-10,15H,3,11H2,1-2H3,(H,20,21). The van der Waals surface area contributed by atoms with Gasteiger partial charge in [-0.15, -0.1) is 0 Å². The van der Waals surface area contributed by atoms with E-state index in [2.05, 4.69) is 0 Å². The number of benzene rings is 2. The van der Waals surface area contributed by atoms with Crippen LogP contribution >= 0.6 is 0 Å². The molecule has 1 unspecified atom stereocenters. The maximum atomic E-state index is 12.9. The highest BCUT2D eigenvalue weighted by molar-refractivity contribution is 6.07. The zero-order valence-electron chi connectivity index (χ0n) is 13.1. The van der Waals surface area contributed by atoms with E-state index < -0.39 is 17.9 Å². The maximum Gasteiger partial charge on any atom is 0.331 e. The van der Waals surface area contributed by atoms with Crippen molar-refractivity contribution >= 4 is 22.6 Å². The van der Waals surface area contributed by atoms with Gasteiger partial charge >= 0.3 is 5.97 Å². The van der Waals surface area contributed by atoms with Gasteiger partial charge in [-0.05, 0) is 23.8 Å². The van der Waals surface area contributed by atoms with E-state index in [1.54, 1.807) is 19.1 Å². The number of carboxylic acids is 1. The number of carbonyl (C=O) groups is 2. The van der Waals surface area contributed by atoms with Crippen LogP contribution in [-0.4, -0.2) is 48.4 Å². The molecule has 0 fully saturated rings. The van der Waals surface area contributed by atoms with Gasteiger partial charge in [-0.1, -0.05) is 36.4 Å². The van der Waals surface area contributed by atoms with Crippen LogP contribution in [0, 0.1) is 0 Å². The predicted octanol–water partition coefficient (Wildman–Crippen LogP) is 2.33. The van der Waals surface area contributed by atoms with E-state index in [9.17, 15) is 14.7 Å². The third-order valence-electron chi connectivity index (χ3n) is 3.38. The number of nitrogens with zero attached hydrogens (tertiary/aromatic N) is 1. The number of aliphatic carboxylic acids is 1. The van der Waals surface area contributed by atoms with Crippen molar-refractivity contribution in [2.75, 3.05) is 20.3 Å². The van der Waals surface area contributed by atoms with Gasteiger partial charge in [0.2, 0.25) is 0 Å². The van der Waals surface area contributed by atoms with Gasteiger partial charge in [0, 0.05) is 12.7 Å². The van der Waals surface area contributed by atoms with Crippen molar-refractivity contribution in [3.8, 4) is 0 Å². The van der Waals surface area contributed by atoms with Crippen LogP contribution < -0.4 is 0 Å². The van der Waals surface area contributed by atoms with Gasteiger partial charge in [-0.2, -0.15) is 0 Å². The summed E-state index contributed by atoms with van der Waals surface area (Å²) < 4.78 is 4.91. The van der Waals surface area contributed by atoms with Crippen molar-refractivity contribution < 1.29 is 24.3 Å². The molecule has 6 heteroatoms. The summed E-state index contributed by atoms with van der Waals surface area (Å²) in [7, 11) is 1.38. The molecule has 0 saturated carbocycles. The number of carboxylic acid groups (broad SMARTS) is 1. The molecule has 0 aromatic heterocycles. The Morgan fingerprint density at radius 1 is 1.17 bits per heavy atom. The Labute approximate surface area is 134 Å². The molecule has 2 aromatic rings. The van der Waals surface area contributed by atoms with Crippen LogP contribution in [0.4, 0.5) is 0 Å². The summed E-state index contributed by atoms with van der Waals surface area (Å²) in [5.74, 6) is -1.69. The second-order valence-corrected chi connectivity index (χ2v) is 4.88. The van der Waals surface area contributed by atoms with Crippen molar-refractivity contribution in [2.24, 2.45) is 0 Å². The maximum absolute atomic E-state index is 12.9. The summed E-state index contributed by atoms with van der Waals surface area (Å²) in [5, 5.41) is 11.9. The van der Waals surface area contributed by atoms with Gasteiger partial charge in [0.25, 0.3) is 5.91 Å².